The summed E-state index contributed by atoms with van der Waals surface area (Å²) in [7, 11) is 0. The molecular formula is C21H21F3N2O3. The molecule has 8 heteroatoms. The first-order valence-electron chi connectivity index (χ1n) is 9.27. The average Bonchev–Trinajstić information content (AvgIpc) is 3.13. The van der Waals surface area contributed by atoms with Crippen LogP contribution in [-0.4, -0.2) is 31.1 Å². The summed E-state index contributed by atoms with van der Waals surface area (Å²) in [4.78, 5) is 26.1. The lowest BCUT2D eigenvalue weighted by Crippen LogP contribution is -2.27. The number of ether oxygens (including phenoxy) is 1. The van der Waals surface area contributed by atoms with E-state index in [0.717, 1.165) is 16.8 Å². The highest BCUT2D eigenvalue weighted by atomic mass is 19.4. The molecule has 2 amide bonds. The maximum Gasteiger partial charge on any atom is 0.422 e. The second-order valence-electron chi connectivity index (χ2n) is 6.72. The van der Waals surface area contributed by atoms with Crippen LogP contribution in [-0.2, 0) is 17.8 Å². The second-order valence-corrected chi connectivity index (χ2v) is 6.72. The lowest BCUT2D eigenvalue weighted by atomic mass is 10.1. The SMILES string of the molecule is CCC(=O)N1CCc2cc(C(=O)NCc3ccc(OCC(F)(F)F)cc3)ccc21. The smallest absolute Gasteiger partial charge is 0.422 e. The van der Waals surface area contributed by atoms with Gasteiger partial charge in [-0.1, -0.05) is 19.1 Å². The van der Waals surface area contributed by atoms with Crippen LogP contribution in [0.15, 0.2) is 42.5 Å². The lowest BCUT2D eigenvalue weighted by Gasteiger charge is -2.16. The summed E-state index contributed by atoms with van der Waals surface area (Å²) >= 11 is 0. The number of carbonyl (C=O) groups excluding carboxylic acids is 2. The molecule has 2 aromatic rings. The van der Waals surface area contributed by atoms with E-state index in [9.17, 15) is 22.8 Å². The first kappa shape index (κ1) is 20.7. The summed E-state index contributed by atoms with van der Waals surface area (Å²) < 4.78 is 41.1. The summed E-state index contributed by atoms with van der Waals surface area (Å²) in [5.41, 5.74) is 3.05. The Morgan fingerprint density at radius 2 is 1.86 bits per heavy atom. The minimum Gasteiger partial charge on any atom is -0.484 e. The number of nitrogens with zero attached hydrogens (tertiary/aromatic N) is 1. The molecule has 0 saturated carbocycles. The van der Waals surface area contributed by atoms with Crippen molar-refractivity contribution in [2.45, 2.75) is 32.5 Å². The molecule has 3 rings (SSSR count). The van der Waals surface area contributed by atoms with Gasteiger partial charge in [-0.15, -0.1) is 0 Å². The fourth-order valence-corrected chi connectivity index (χ4v) is 3.15. The molecule has 1 aliphatic heterocycles. The van der Waals surface area contributed by atoms with Gasteiger partial charge in [0.15, 0.2) is 6.61 Å². The molecule has 0 radical (unpaired) electrons. The van der Waals surface area contributed by atoms with Gasteiger partial charge in [-0.05, 0) is 47.9 Å². The number of fused-ring (bicyclic) bond motifs is 1. The molecule has 0 spiro atoms. The largest absolute Gasteiger partial charge is 0.484 e. The van der Waals surface area contributed by atoms with Gasteiger partial charge in [0.1, 0.15) is 5.75 Å². The number of hydrogen-bond acceptors (Lipinski definition) is 3. The highest BCUT2D eigenvalue weighted by Crippen LogP contribution is 2.29. The Labute approximate surface area is 166 Å². The first-order valence-corrected chi connectivity index (χ1v) is 9.27. The molecule has 1 aliphatic rings. The van der Waals surface area contributed by atoms with Crippen LogP contribution in [0.1, 0.15) is 34.8 Å². The zero-order valence-electron chi connectivity index (χ0n) is 15.9. The fourth-order valence-electron chi connectivity index (χ4n) is 3.15. The quantitative estimate of drug-likeness (QED) is 0.793. The van der Waals surface area contributed by atoms with E-state index in [2.05, 4.69) is 10.1 Å². The van der Waals surface area contributed by atoms with Crippen LogP contribution in [0, 0.1) is 0 Å². The van der Waals surface area contributed by atoms with Crippen molar-refractivity contribution in [2.75, 3.05) is 18.1 Å². The molecule has 0 aromatic heterocycles. The predicted octanol–water partition coefficient (Wildman–Crippen LogP) is 3.86. The highest BCUT2D eigenvalue weighted by Gasteiger charge is 2.28. The van der Waals surface area contributed by atoms with Gasteiger partial charge in [-0.3, -0.25) is 9.59 Å². The maximum atomic E-state index is 12.4. The fraction of sp³-hybridized carbons (Fsp3) is 0.333. The summed E-state index contributed by atoms with van der Waals surface area (Å²) in [6.45, 7) is 1.32. The van der Waals surface area contributed by atoms with Gasteiger partial charge in [-0.25, -0.2) is 0 Å². The van der Waals surface area contributed by atoms with Crippen LogP contribution in [0.25, 0.3) is 0 Å². The predicted molar refractivity (Wildman–Crippen MR) is 102 cm³/mol. The third-order valence-corrected chi connectivity index (χ3v) is 4.62. The molecule has 0 atom stereocenters. The van der Waals surface area contributed by atoms with E-state index in [4.69, 9.17) is 0 Å². The summed E-state index contributed by atoms with van der Waals surface area (Å²) in [5, 5.41) is 2.79. The Balaban J connectivity index is 1.57. The number of rotatable bonds is 6. The van der Waals surface area contributed by atoms with Gasteiger partial charge >= 0.3 is 6.18 Å². The van der Waals surface area contributed by atoms with Crippen molar-refractivity contribution in [1.82, 2.24) is 5.32 Å². The second kappa shape index (κ2) is 8.55. The molecule has 0 unspecified atom stereocenters. The van der Waals surface area contributed by atoms with Crippen LogP contribution in [0.5, 0.6) is 5.75 Å². The van der Waals surface area contributed by atoms with Gasteiger partial charge < -0.3 is 15.0 Å². The monoisotopic (exact) mass is 406 g/mol. The number of halogens is 3. The van der Waals surface area contributed by atoms with Crippen LogP contribution in [0.3, 0.4) is 0 Å². The standard InChI is InChI=1S/C21H21F3N2O3/c1-2-19(27)26-10-9-15-11-16(5-8-18(15)26)20(28)25-12-14-3-6-17(7-4-14)29-13-21(22,23)24/h3-8,11H,2,9-10,12-13H2,1H3,(H,25,28). The minimum atomic E-state index is -4.39. The Morgan fingerprint density at radius 1 is 1.14 bits per heavy atom. The zero-order chi connectivity index (χ0) is 21.0. The van der Waals surface area contributed by atoms with Gasteiger partial charge in [0.2, 0.25) is 5.91 Å². The lowest BCUT2D eigenvalue weighted by molar-refractivity contribution is -0.153. The van der Waals surface area contributed by atoms with E-state index >= 15 is 0 Å². The molecule has 0 bridgehead atoms. The molecule has 1 N–H and O–H groups in total. The van der Waals surface area contributed by atoms with Crippen molar-refractivity contribution in [1.29, 1.82) is 0 Å². The van der Waals surface area contributed by atoms with Crippen molar-refractivity contribution >= 4 is 17.5 Å². The zero-order valence-corrected chi connectivity index (χ0v) is 15.9. The molecule has 154 valence electrons. The van der Waals surface area contributed by atoms with E-state index in [1.165, 1.54) is 12.1 Å². The minimum absolute atomic E-state index is 0.0589. The summed E-state index contributed by atoms with van der Waals surface area (Å²) in [5.74, 6) is -0.0868. The van der Waals surface area contributed by atoms with Crippen LogP contribution >= 0.6 is 0 Å². The van der Waals surface area contributed by atoms with Crippen LogP contribution in [0.4, 0.5) is 18.9 Å². The number of nitrogens with one attached hydrogen (secondary N) is 1. The van der Waals surface area contributed by atoms with E-state index in [1.54, 1.807) is 35.2 Å². The van der Waals surface area contributed by atoms with Crippen molar-refractivity contribution in [3.05, 3.63) is 59.2 Å². The van der Waals surface area contributed by atoms with E-state index < -0.39 is 12.8 Å². The Bertz CT molecular complexity index is 895. The van der Waals surface area contributed by atoms with Crippen molar-refractivity contribution < 1.29 is 27.5 Å². The highest BCUT2D eigenvalue weighted by molar-refractivity contribution is 5.98. The number of amides is 2. The normalized spacial score (nSPS) is 13.2. The Kier molecular flexibility index (Phi) is 6.10. The number of anilines is 1. The van der Waals surface area contributed by atoms with Crippen LogP contribution < -0.4 is 15.0 Å². The third kappa shape index (κ3) is 5.28. The molecule has 0 saturated heterocycles. The maximum absolute atomic E-state index is 12.4. The van der Waals surface area contributed by atoms with Crippen LogP contribution in [0.2, 0.25) is 0 Å². The number of carbonyl (C=O) groups is 2. The van der Waals surface area contributed by atoms with Gasteiger partial charge in [0.05, 0.1) is 0 Å². The molecule has 2 aromatic carbocycles. The average molecular weight is 406 g/mol. The van der Waals surface area contributed by atoms with Crippen molar-refractivity contribution in [3.8, 4) is 5.75 Å². The summed E-state index contributed by atoms with van der Waals surface area (Å²) in [6.07, 6.45) is -3.24. The molecule has 0 fully saturated rings. The molecule has 5 nitrogen and oxygen atoms in total. The van der Waals surface area contributed by atoms with E-state index in [-0.39, 0.29) is 24.1 Å². The van der Waals surface area contributed by atoms with E-state index in [0.29, 0.717) is 24.9 Å². The molecule has 1 heterocycles. The van der Waals surface area contributed by atoms with Gasteiger partial charge in [0.25, 0.3) is 5.91 Å². The Morgan fingerprint density at radius 3 is 2.52 bits per heavy atom. The van der Waals surface area contributed by atoms with Gasteiger partial charge in [-0.2, -0.15) is 13.2 Å². The molecular weight excluding hydrogens is 385 g/mol. The molecule has 29 heavy (non-hydrogen) atoms. The number of benzene rings is 2. The van der Waals surface area contributed by atoms with Crippen molar-refractivity contribution in [3.63, 3.8) is 0 Å². The van der Waals surface area contributed by atoms with Crippen molar-refractivity contribution in [2.24, 2.45) is 0 Å². The summed E-state index contributed by atoms with van der Waals surface area (Å²) in [6, 6.07) is 11.3. The number of hydrogen-bond donors (Lipinski definition) is 1. The Hall–Kier alpha value is -3.03. The first-order chi connectivity index (χ1) is 13.8. The van der Waals surface area contributed by atoms with Gasteiger partial charge in [0, 0.05) is 30.8 Å². The number of alkyl halides is 3. The topological polar surface area (TPSA) is 58.6 Å². The third-order valence-electron chi connectivity index (χ3n) is 4.62. The molecule has 0 aliphatic carbocycles. The van der Waals surface area contributed by atoms with E-state index in [1.807, 2.05) is 6.92 Å².